The molecule has 0 saturated heterocycles. The Bertz CT molecular complexity index is 702. The Balaban J connectivity index is 1.97. The molecule has 1 aromatic carbocycles. The topological polar surface area (TPSA) is 25.2 Å². The Labute approximate surface area is 144 Å². The van der Waals surface area contributed by atoms with E-state index in [2.05, 4.69) is 23.5 Å². The summed E-state index contributed by atoms with van der Waals surface area (Å²) in [6.45, 7) is 9.10. The molecule has 0 bridgehead atoms. The van der Waals surface area contributed by atoms with Crippen molar-refractivity contribution in [3.05, 3.63) is 66.1 Å². The minimum atomic E-state index is -0.461. The lowest BCUT2D eigenvalue weighted by Crippen LogP contribution is -1.97. The number of aliphatic imine (C=N–C) groups is 1. The van der Waals surface area contributed by atoms with Crippen LogP contribution >= 0.6 is 0 Å². The van der Waals surface area contributed by atoms with Crippen LogP contribution < -0.4 is 0 Å². The zero-order chi connectivity index (χ0) is 17.4. The Kier molecular flexibility index (Phi) is 6.86. The third-order valence-electron chi connectivity index (χ3n) is 4.01. The second-order valence-electron chi connectivity index (χ2n) is 5.99. The van der Waals surface area contributed by atoms with Gasteiger partial charge in [0.05, 0.1) is 5.69 Å². The molecular formula is C21H25FN2. The van der Waals surface area contributed by atoms with Gasteiger partial charge in [-0.25, -0.2) is 4.98 Å². The molecule has 0 amide bonds. The van der Waals surface area contributed by atoms with Crippen molar-refractivity contribution in [2.75, 3.05) is 6.54 Å². The van der Waals surface area contributed by atoms with E-state index in [0.717, 1.165) is 36.2 Å². The van der Waals surface area contributed by atoms with E-state index in [-0.39, 0.29) is 0 Å². The van der Waals surface area contributed by atoms with E-state index >= 15 is 0 Å². The first kappa shape index (κ1) is 18.1. The molecule has 3 heteroatoms. The van der Waals surface area contributed by atoms with Crippen LogP contribution in [-0.2, 0) is 0 Å². The molecule has 0 fully saturated rings. The van der Waals surface area contributed by atoms with Gasteiger partial charge in [0, 0.05) is 17.8 Å². The van der Waals surface area contributed by atoms with Gasteiger partial charge in [-0.2, -0.15) is 4.39 Å². The summed E-state index contributed by atoms with van der Waals surface area (Å²) in [6, 6.07) is 12.7. The Morgan fingerprint density at radius 3 is 2.54 bits per heavy atom. The van der Waals surface area contributed by atoms with Gasteiger partial charge in [-0.3, -0.25) is 4.99 Å². The third kappa shape index (κ3) is 5.41. The Hall–Kier alpha value is -2.29. The lowest BCUT2D eigenvalue weighted by atomic mass is 10.1. The zero-order valence-corrected chi connectivity index (χ0v) is 14.6. The van der Waals surface area contributed by atoms with Crippen LogP contribution in [0.15, 0.2) is 59.6 Å². The second kappa shape index (κ2) is 9.11. The van der Waals surface area contributed by atoms with Gasteiger partial charge in [-0.05, 0) is 43.9 Å². The molecule has 1 heterocycles. The van der Waals surface area contributed by atoms with Crippen LogP contribution in [0.2, 0.25) is 0 Å². The quantitative estimate of drug-likeness (QED) is 0.340. The first-order valence-corrected chi connectivity index (χ1v) is 8.51. The Morgan fingerprint density at radius 2 is 1.88 bits per heavy atom. The van der Waals surface area contributed by atoms with E-state index in [1.54, 1.807) is 12.1 Å². The van der Waals surface area contributed by atoms with Gasteiger partial charge in [-0.15, -0.1) is 0 Å². The van der Waals surface area contributed by atoms with Crippen LogP contribution in [-0.4, -0.2) is 17.2 Å². The largest absolute Gasteiger partial charge is 0.289 e. The lowest BCUT2D eigenvalue weighted by Gasteiger charge is -2.06. The highest BCUT2D eigenvalue weighted by Crippen LogP contribution is 2.18. The van der Waals surface area contributed by atoms with Crippen LogP contribution in [0.25, 0.3) is 11.3 Å². The number of hydrogen-bond acceptors (Lipinski definition) is 2. The number of rotatable bonds is 8. The van der Waals surface area contributed by atoms with Crippen molar-refractivity contribution in [2.45, 2.75) is 39.5 Å². The summed E-state index contributed by atoms with van der Waals surface area (Å²) < 4.78 is 13.2. The van der Waals surface area contributed by atoms with Crippen molar-refractivity contribution >= 4 is 5.71 Å². The average Bonchev–Trinajstić information content (AvgIpc) is 2.60. The molecular weight excluding hydrogens is 299 g/mol. The van der Waals surface area contributed by atoms with Crippen LogP contribution in [0.3, 0.4) is 0 Å². The number of nitrogens with zero attached hydrogens (tertiary/aromatic N) is 2. The second-order valence-corrected chi connectivity index (χ2v) is 5.99. The van der Waals surface area contributed by atoms with E-state index in [4.69, 9.17) is 0 Å². The van der Waals surface area contributed by atoms with Gasteiger partial charge in [0.25, 0.3) is 0 Å². The molecule has 0 radical (unpaired) electrons. The molecule has 1 aromatic heterocycles. The highest BCUT2D eigenvalue weighted by atomic mass is 19.1. The smallest absolute Gasteiger partial charge is 0.213 e. The molecule has 0 atom stereocenters. The number of benzene rings is 1. The first-order valence-electron chi connectivity index (χ1n) is 8.51. The third-order valence-corrected chi connectivity index (χ3v) is 4.01. The van der Waals surface area contributed by atoms with Crippen LogP contribution in [0, 0.1) is 5.95 Å². The molecule has 2 nitrogen and oxygen atoms in total. The van der Waals surface area contributed by atoms with Gasteiger partial charge < -0.3 is 0 Å². The number of halogens is 1. The molecule has 0 spiro atoms. The van der Waals surface area contributed by atoms with Crippen LogP contribution in [0.4, 0.5) is 4.39 Å². The van der Waals surface area contributed by atoms with Crippen molar-refractivity contribution in [2.24, 2.45) is 4.99 Å². The lowest BCUT2D eigenvalue weighted by molar-refractivity contribution is 0.585. The number of unbranched alkanes of at least 4 members (excludes halogenated alkanes) is 1. The fourth-order valence-corrected chi connectivity index (χ4v) is 2.48. The summed E-state index contributed by atoms with van der Waals surface area (Å²) >= 11 is 0. The maximum Gasteiger partial charge on any atom is 0.213 e. The van der Waals surface area contributed by atoms with E-state index < -0.39 is 5.95 Å². The van der Waals surface area contributed by atoms with Crippen molar-refractivity contribution in [1.29, 1.82) is 0 Å². The highest BCUT2D eigenvalue weighted by molar-refractivity contribution is 5.99. The number of hydrogen-bond donors (Lipinski definition) is 0. The molecule has 0 aliphatic rings. The van der Waals surface area contributed by atoms with Crippen molar-refractivity contribution < 1.29 is 4.39 Å². The van der Waals surface area contributed by atoms with E-state index in [0.29, 0.717) is 5.69 Å². The summed E-state index contributed by atoms with van der Waals surface area (Å²) in [5, 5.41) is 0. The predicted molar refractivity (Wildman–Crippen MR) is 100.0 cm³/mol. The maximum absolute atomic E-state index is 13.2. The van der Waals surface area contributed by atoms with E-state index in [1.807, 2.05) is 31.2 Å². The molecule has 0 saturated carbocycles. The average molecular weight is 324 g/mol. The molecule has 126 valence electrons. The molecule has 24 heavy (non-hydrogen) atoms. The fourth-order valence-electron chi connectivity index (χ4n) is 2.48. The van der Waals surface area contributed by atoms with Gasteiger partial charge >= 0.3 is 0 Å². The Morgan fingerprint density at radius 1 is 1.12 bits per heavy atom. The number of aromatic nitrogens is 1. The summed E-state index contributed by atoms with van der Waals surface area (Å²) in [6.07, 6.45) is 4.45. The van der Waals surface area contributed by atoms with Crippen molar-refractivity contribution in [1.82, 2.24) is 4.98 Å². The van der Waals surface area contributed by atoms with Gasteiger partial charge in [0.1, 0.15) is 0 Å². The summed E-state index contributed by atoms with van der Waals surface area (Å²) in [5.41, 5.74) is 4.91. The van der Waals surface area contributed by atoms with Crippen LogP contribution in [0.1, 0.15) is 45.1 Å². The van der Waals surface area contributed by atoms with Gasteiger partial charge in [0.2, 0.25) is 5.95 Å². The first-order chi connectivity index (χ1) is 11.6. The maximum atomic E-state index is 13.2. The van der Waals surface area contributed by atoms with E-state index in [9.17, 15) is 4.39 Å². The molecule has 0 N–H and O–H groups in total. The van der Waals surface area contributed by atoms with Crippen molar-refractivity contribution in [3.63, 3.8) is 0 Å². The van der Waals surface area contributed by atoms with Gasteiger partial charge in [0.15, 0.2) is 0 Å². The van der Waals surface area contributed by atoms with E-state index in [1.165, 1.54) is 24.5 Å². The summed E-state index contributed by atoms with van der Waals surface area (Å²) in [5.74, 6) is -0.461. The minimum absolute atomic E-state index is 0.461. The standard InChI is InChI=1S/C21H25FN2/c1-4-5-7-16(2)14-15-23-17(3)18-10-12-19(13-11-18)20-8-6-9-21(22)24-20/h6,8-13H,2,4-5,7,14-15H2,1,3H3/b23-17+. The summed E-state index contributed by atoms with van der Waals surface area (Å²) in [4.78, 5) is 8.54. The van der Waals surface area contributed by atoms with Crippen molar-refractivity contribution in [3.8, 4) is 11.3 Å². The molecule has 0 aliphatic carbocycles. The SMILES string of the molecule is C=C(CCCC)CC/N=C(\C)c1ccc(-c2cccc(F)n2)cc1. The molecule has 0 unspecified atom stereocenters. The zero-order valence-electron chi connectivity index (χ0n) is 14.6. The number of pyridine rings is 1. The minimum Gasteiger partial charge on any atom is -0.289 e. The summed E-state index contributed by atoms with van der Waals surface area (Å²) in [7, 11) is 0. The van der Waals surface area contributed by atoms with Crippen LogP contribution in [0.5, 0.6) is 0 Å². The monoisotopic (exact) mass is 324 g/mol. The molecule has 0 aliphatic heterocycles. The fraction of sp³-hybridized carbons (Fsp3) is 0.333. The predicted octanol–water partition coefficient (Wildman–Crippen LogP) is 5.83. The molecule has 2 rings (SSSR count). The van der Waals surface area contributed by atoms with Gasteiger partial charge in [-0.1, -0.05) is 55.8 Å². The highest BCUT2D eigenvalue weighted by Gasteiger charge is 2.03. The normalized spacial score (nSPS) is 11.5. The molecule has 2 aromatic rings.